The van der Waals surface area contributed by atoms with E-state index in [2.05, 4.69) is 4.74 Å². The molecule has 2 aromatic carbocycles. The van der Waals surface area contributed by atoms with Crippen LogP contribution in [0, 0.1) is 5.92 Å². The summed E-state index contributed by atoms with van der Waals surface area (Å²) in [5.41, 5.74) is 0.746. The van der Waals surface area contributed by atoms with E-state index in [1.165, 1.54) is 45.5 Å². The van der Waals surface area contributed by atoms with Gasteiger partial charge in [-0.2, -0.15) is 0 Å². The van der Waals surface area contributed by atoms with E-state index < -0.39 is 16.0 Å². The molecule has 32 heavy (non-hydrogen) atoms. The Morgan fingerprint density at radius 2 is 1.62 bits per heavy atom. The standard InChI is InChI=1S/C23H30N2O6S/c1-17(2)16-25(15-14-22(26)31-5)23(27)18-10-12-19(13-11-18)32(28,29)24(3)20-8-6-7-9-21(20)30-4/h6-13,17H,14-16H2,1-5H3. The van der Waals surface area contributed by atoms with Crippen LogP contribution >= 0.6 is 0 Å². The van der Waals surface area contributed by atoms with Crippen molar-refractivity contribution in [2.75, 3.05) is 38.7 Å². The van der Waals surface area contributed by atoms with E-state index in [1.807, 2.05) is 13.8 Å². The summed E-state index contributed by atoms with van der Waals surface area (Å²) in [6, 6.07) is 12.6. The SMILES string of the molecule is COC(=O)CCN(CC(C)C)C(=O)c1ccc(S(=O)(=O)N(C)c2ccccc2OC)cc1. The zero-order valence-electron chi connectivity index (χ0n) is 19.1. The summed E-state index contributed by atoms with van der Waals surface area (Å²) < 4.78 is 37.3. The highest BCUT2D eigenvalue weighted by molar-refractivity contribution is 7.92. The lowest BCUT2D eigenvalue weighted by Crippen LogP contribution is -2.36. The molecule has 0 spiro atoms. The van der Waals surface area contributed by atoms with Gasteiger partial charge in [0.1, 0.15) is 5.75 Å². The van der Waals surface area contributed by atoms with Gasteiger partial charge < -0.3 is 14.4 Å². The van der Waals surface area contributed by atoms with Crippen LogP contribution < -0.4 is 9.04 Å². The maximum absolute atomic E-state index is 13.1. The van der Waals surface area contributed by atoms with E-state index in [0.29, 0.717) is 23.5 Å². The third-order valence-corrected chi connectivity index (χ3v) is 6.66. The van der Waals surface area contributed by atoms with Crippen molar-refractivity contribution in [2.45, 2.75) is 25.2 Å². The number of carbonyl (C=O) groups is 2. The molecule has 1 amide bonds. The molecule has 8 nitrogen and oxygen atoms in total. The number of hydrogen-bond donors (Lipinski definition) is 0. The van der Waals surface area contributed by atoms with Crippen LogP contribution in [0.2, 0.25) is 0 Å². The van der Waals surface area contributed by atoms with Crippen LogP contribution in [0.25, 0.3) is 0 Å². The summed E-state index contributed by atoms with van der Waals surface area (Å²) in [6.45, 7) is 4.64. The molecule has 0 saturated heterocycles. The second kappa shape index (κ2) is 11.0. The fourth-order valence-corrected chi connectivity index (χ4v) is 4.38. The molecule has 0 fully saturated rings. The molecule has 0 unspecified atom stereocenters. The fraction of sp³-hybridized carbons (Fsp3) is 0.391. The highest BCUT2D eigenvalue weighted by Gasteiger charge is 2.25. The molecule has 2 rings (SSSR count). The van der Waals surface area contributed by atoms with Crippen molar-refractivity contribution in [3.8, 4) is 5.75 Å². The second-order valence-electron chi connectivity index (χ2n) is 7.64. The van der Waals surface area contributed by atoms with Gasteiger partial charge in [-0.1, -0.05) is 26.0 Å². The van der Waals surface area contributed by atoms with Crippen LogP contribution in [-0.2, 0) is 19.6 Å². The van der Waals surface area contributed by atoms with Crippen molar-refractivity contribution in [1.29, 1.82) is 0 Å². The normalized spacial score (nSPS) is 11.2. The highest BCUT2D eigenvalue weighted by atomic mass is 32.2. The minimum Gasteiger partial charge on any atom is -0.495 e. The lowest BCUT2D eigenvalue weighted by molar-refractivity contribution is -0.140. The lowest BCUT2D eigenvalue weighted by atomic mass is 10.1. The Balaban J connectivity index is 2.26. The maximum atomic E-state index is 13.1. The maximum Gasteiger partial charge on any atom is 0.307 e. The molecule has 0 saturated carbocycles. The number of sulfonamides is 1. The van der Waals surface area contributed by atoms with Gasteiger partial charge >= 0.3 is 5.97 Å². The molecule has 0 bridgehead atoms. The van der Waals surface area contributed by atoms with Crippen molar-refractivity contribution >= 4 is 27.6 Å². The van der Waals surface area contributed by atoms with Gasteiger partial charge in [0, 0.05) is 25.7 Å². The van der Waals surface area contributed by atoms with Crippen LogP contribution in [0.1, 0.15) is 30.6 Å². The molecule has 0 aliphatic carbocycles. The van der Waals surface area contributed by atoms with Gasteiger partial charge in [-0.25, -0.2) is 8.42 Å². The third kappa shape index (κ3) is 6.00. The smallest absolute Gasteiger partial charge is 0.307 e. The van der Waals surface area contributed by atoms with Crippen molar-refractivity contribution in [2.24, 2.45) is 5.92 Å². The van der Waals surface area contributed by atoms with Crippen molar-refractivity contribution in [3.05, 3.63) is 54.1 Å². The predicted octanol–water partition coefficient (Wildman–Crippen LogP) is 3.18. The van der Waals surface area contributed by atoms with Gasteiger partial charge in [-0.3, -0.25) is 13.9 Å². The van der Waals surface area contributed by atoms with Crippen LogP contribution in [0.4, 0.5) is 5.69 Å². The fourth-order valence-electron chi connectivity index (χ4n) is 3.17. The number of benzene rings is 2. The van der Waals surface area contributed by atoms with Gasteiger partial charge in [-0.05, 0) is 42.3 Å². The minimum absolute atomic E-state index is 0.0485. The average Bonchev–Trinajstić information content (AvgIpc) is 2.80. The number of para-hydroxylation sites is 2. The quantitative estimate of drug-likeness (QED) is 0.504. The van der Waals surface area contributed by atoms with Crippen LogP contribution in [-0.4, -0.2) is 59.6 Å². The Morgan fingerprint density at radius 1 is 1.00 bits per heavy atom. The first-order valence-corrected chi connectivity index (χ1v) is 11.6. The van der Waals surface area contributed by atoms with Gasteiger partial charge in [0.2, 0.25) is 0 Å². The molecule has 174 valence electrons. The zero-order chi connectivity index (χ0) is 23.9. The Hall–Kier alpha value is -3.07. The first-order chi connectivity index (χ1) is 15.1. The Morgan fingerprint density at radius 3 is 2.19 bits per heavy atom. The monoisotopic (exact) mass is 462 g/mol. The molecule has 0 radical (unpaired) electrons. The Kier molecular flexibility index (Phi) is 8.65. The number of rotatable bonds is 10. The van der Waals surface area contributed by atoms with Crippen molar-refractivity contribution in [1.82, 2.24) is 4.90 Å². The molecule has 0 aliphatic rings. The van der Waals surface area contributed by atoms with E-state index in [1.54, 1.807) is 29.2 Å². The lowest BCUT2D eigenvalue weighted by Gasteiger charge is -2.25. The van der Waals surface area contributed by atoms with Gasteiger partial charge in [-0.15, -0.1) is 0 Å². The van der Waals surface area contributed by atoms with E-state index in [4.69, 9.17) is 4.74 Å². The number of amides is 1. The number of anilines is 1. The summed E-state index contributed by atoms with van der Waals surface area (Å²) in [5.74, 6) is -0.0388. The van der Waals surface area contributed by atoms with Gasteiger partial charge in [0.05, 0.1) is 31.2 Å². The van der Waals surface area contributed by atoms with E-state index >= 15 is 0 Å². The number of carbonyl (C=O) groups excluding carboxylic acids is 2. The second-order valence-corrected chi connectivity index (χ2v) is 9.61. The molecule has 0 aromatic heterocycles. The third-order valence-electron chi connectivity index (χ3n) is 4.87. The van der Waals surface area contributed by atoms with E-state index in [0.717, 1.165) is 4.31 Å². The summed E-state index contributed by atoms with van der Waals surface area (Å²) >= 11 is 0. The first kappa shape index (κ1) is 25.2. The summed E-state index contributed by atoms with van der Waals surface area (Å²) in [4.78, 5) is 26.1. The van der Waals surface area contributed by atoms with Gasteiger partial charge in [0.15, 0.2) is 0 Å². The Labute approximate surface area is 189 Å². The predicted molar refractivity (Wildman–Crippen MR) is 122 cm³/mol. The summed E-state index contributed by atoms with van der Waals surface area (Å²) in [6.07, 6.45) is 0.0884. The summed E-state index contributed by atoms with van der Waals surface area (Å²) in [7, 11) is 0.363. The Bertz CT molecular complexity index is 1030. The van der Waals surface area contributed by atoms with Crippen LogP contribution in [0.15, 0.2) is 53.4 Å². The zero-order valence-corrected chi connectivity index (χ0v) is 19.9. The van der Waals surface area contributed by atoms with Crippen LogP contribution in [0.5, 0.6) is 5.75 Å². The average molecular weight is 463 g/mol. The first-order valence-electron chi connectivity index (χ1n) is 10.2. The highest BCUT2D eigenvalue weighted by Crippen LogP contribution is 2.30. The number of nitrogens with zero attached hydrogens (tertiary/aromatic N) is 2. The molecular formula is C23H30N2O6S. The van der Waals surface area contributed by atoms with Gasteiger partial charge in [0.25, 0.3) is 15.9 Å². The molecule has 0 N–H and O–H groups in total. The molecule has 0 aliphatic heterocycles. The number of ether oxygens (including phenoxy) is 2. The number of hydrogen-bond acceptors (Lipinski definition) is 6. The van der Waals surface area contributed by atoms with Crippen molar-refractivity contribution in [3.63, 3.8) is 0 Å². The molecule has 0 atom stereocenters. The molecule has 9 heteroatoms. The summed E-state index contributed by atoms with van der Waals surface area (Å²) in [5, 5.41) is 0. The van der Waals surface area contributed by atoms with E-state index in [9.17, 15) is 18.0 Å². The topological polar surface area (TPSA) is 93.2 Å². The van der Waals surface area contributed by atoms with Crippen LogP contribution in [0.3, 0.4) is 0 Å². The molecular weight excluding hydrogens is 432 g/mol. The molecule has 2 aromatic rings. The minimum atomic E-state index is -3.86. The van der Waals surface area contributed by atoms with E-state index in [-0.39, 0.29) is 29.7 Å². The largest absolute Gasteiger partial charge is 0.495 e. The number of methoxy groups -OCH3 is 2. The number of esters is 1. The molecule has 0 heterocycles. The van der Waals surface area contributed by atoms with Crippen molar-refractivity contribution < 1.29 is 27.5 Å².